The summed E-state index contributed by atoms with van der Waals surface area (Å²) in [6, 6.07) is 7.65. The highest BCUT2D eigenvalue weighted by molar-refractivity contribution is 7.80. The lowest BCUT2D eigenvalue weighted by molar-refractivity contribution is 0.215. The Morgan fingerprint density at radius 2 is 2.33 bits per heavy atom. The summed E-state index contributed by atoms with van der Waals surface area (Å²) in [6.07, 6.45) is 1.30. The predicted molar refractivity (Wildman–Crippen MR) is 90.9 cm³/mol. The zero-order valence-corrected chi connectivity index (χ0v) is 13.7. The number of nitrogens with two attached hydrogens (primary N) is 1. The topological polar surface area (TPSA) is 41.7 Å². The molecule has 1 fully saturated rings. The van der Waals surface area contributed by atoms with Crippen molar-refractivity contribution < 1.29 is 4.74 Å². The van der Waals surface area contributed by atoms with Crippen LogP contribution in [0.15, 0.2) is 24.3 Å². The van der Waals surface area contributed by atoms with E-state index in [0.717, 1.165) is 30.3 Å². The summed E-state index contributed by atoms with van der Waals surface area (Å²) in [5.74, 6) is 1.62. The Kier molecular flexibility index (Phi) is 5.96. The molecule has 1 saturated heterocycles. The van der Waals surface area contributed by atoms with Crippen molar-refractivity contribution in [2.45, 2.75) is 6.42 Å². The van der Waals surface area contributed by atoms with Crippen LogP contribution >= 0.6 is 12.2 Å². The predicted octanol–water partition coefficient (Wildman–Crippen LogP) is 1.58. The molecule has 1 aliphatic rings. The van der Waals surface area contributed by atoms with Gasteiger partial charge in [0.1, 0.15) is 17.3 Å². The normalized spacial score (nSPS) is 19.1. The third kappa shape index (κ3) is 5.26. The highest BCUT2D eigenvalue weighted by Crippen LogP contribution is 2.16. The molecule has 0 saturated carbocycles. The highest BCUT2D eigenvalue weighted by atomic mass is 32.1. The van der Waals surface area contributed by atoms with Crippen molar-refractivity contribution in [2.75, 3.05) is 46.9 Å². The van der Waals surface area contributed by atoms with Gasteiger partial charge in [-0.15, -0.1) is 0 Å². The molecule has 2 N–H and O–H groups in total. The standard InChI is InChI=1S/C16H25N3OS/c1-18-7-6-13(11-18)12-19(2)8-9-20-15-5-3-4-14(10-15)16(17)21/h3-5,10,13H,6-9,11-12H2,1-2H3,(H2,17,21). The zero-order chi connectivity index (χ0) is 15.2. The molecular weight excluding hydrogens is 282 g/mol. The molecule has 5 heteroatoms. The number of ether oxygens (including phenoxy) is 1. The Morgan fingerprint density at radius 1 is 1.52 bits per heavy atom. The van der Waals surface area contributed by atoms with Gasteiger partial charge in [0.25, 0.3) is 0 Å². The van der Waals surface area contributed by atoms with Crippen LogP contribution in [0.3, 0.4) is 0 Å². The van der Waals surface area contributed by atoms with Crippen LogP contribution in [0.5, 0.6) is 5.75 Å². The minimum atomic E-state index is 0.405. The second-order valence-corrected chi connectivity index (χ2v) is 6.36. The SMILES string of the molecule is CN(CCOc1cccc(C(N)=S)c1)CC1CCN(C)C1. The van der Waals surface area contributed by atoms with Gasteiger partial charge in [-0.2, -0.15) is 0 Å². The molecule has 4 nitrogen and oxygen atoms in total. The Balaban J connectivity index is 1.71. The fraction of sp³-hybridized carbons (Fsp3) is 0.562. The van der Waals surface area contributed by atoms with E-state index in [4.69, 9.17) is 22.7 Å². The van der Waals surface area contributed by atoms with E-state index < -0.39 is 0 Å². The summed E-state index contributed by atoms with van der Waals surface area (Å²) in [5.41, 5.74) is 6.48. The quantitative estimate of drug-likeness (QED) is 0.775. The monoisotopic (exact) mass is 307 g/mol. The molecule has 1 aromatic carbocycles. The molecule has 1 aromatic rings. The van der Waals surface area contributed by atoms with Crippen molar-refractivity contribution in [3.05, 3.63) is 29.8 Å². The third-order valence-corrected chi connectivity index (χ3v) is 4.15. The molecule has 1 heterocycles. The van der Waals surface area contributed by atoms with E-state index in [-0.39, 0.29) is 0 Å². The van der Waals surface area contributed by atoms with Crippen LogP contribution in [0.1, 0.15) is 12.0 Å². The molecule has 0 amide bonds. The molecule has 0 bridgehead atoms. The summed E-state index contributed by atoms with van der Waals surface area (Å²) in [5, 5.41) is 0. The Labute approximate surface area is 132 Å². The molecule has 0 aromatic heterocycles. The van der Waals surface area contributed by atoms with Gasteiger partial charge in [0, 0.05) is 25.2 Å². The first-order chi connectivity index (χ1) is 10.0. The lowest BCUT2D eigenvalue weighted by Crippen LogP contribution is -2.30. The average molecular weight is 307 g/mol. The summed E-state index contributed by atoms with van der Waals surface area (Å²) >= 11 is 4.98. The minimum Gasteiger partial charge on any atom is -0.492 e. The van der Waals surface area contributed by atoms with E-state index in [1.807, 2.05) is 24.3 Å². The Bertz CT molecular complexity index is 480. The zero-order valence-electron chi connectivity index (χ0n) is 12.9. The maximum absolute atomic E-state index is 5.79. The summed E-state index contributed by atoms with van der Waals surface area (Å²) in [6.45, 7) is 5.18. The third-order valence-electron chi connectivity index (χ3n) is 3.92. The minimum absolute atomic E-state index is 0.405. The van der Waals surface area contributed by atoms with E-state index in [0.29, 0.717) is 11.6 Å². The van der Waals surface area contributed by atoms with Crippen molar-refractivity contribution in [2.24, 2.45) is 11.7 Å². The number of hydrogen-bond donors (Lipinski definition) is 1. The first kappa shape index (κ1) is 16.2. The molecular formula is C16H25N3OS. The number of nitrogens with zero attached hydrogens (tertiary/aromatic N) is 2. The van der Waals surface area contributed by atoms with Gasteiger partial charge in [0.15, 0.2) is 0 Å². The number of likely N-dealkylation sites (N-methyl/N-ethyl adjacent to an activating group) is 1. The summed E-state index contributed by atoms with van der Waals surface area (Å²) < 4.78 is 5.79. The number of benzene rings is 1. The second kappa shape index (κ2) is 7.73. The number of hydrogen-bond acceptors (Lipinski definition) is 4. The summed E-state index contributed by atoms with van der Waals surface area (Å²) in [7, 11) is 4.35. The average Bonchev–Trinajstić information content (AvgIpc) is 2.84. The molecule has 1 unspecified atom stereocenters. The maximum Gasteiger partial charge on any atom is 0.120 e. The van der Waals surface area contributed by atoms with Crippen molar-refractivity contribution in [3.63, 3.8) is 0 Å². The van der Waals surface area contributed by atoms with Gasteiger partial charge in [-0.25, -0.2) is 0 Å². The number of likely N-dealkylation sites (tertiary alicyclic amines) is 1. The van der Waals surface area contributed by atoms with Gasteiger partial charge in [0.2, 0.25) is 0 Å². The van der Waals surface area contributed by atoms with Crippen LogP contribution in [0.4, 0.5) is 0 Å². The Morgan fingerprint density at radius 3 is 3.00 bits per heavy atom. The molecule has 2 rings (SSSR count). The van der Waals surface area contributed by atoms with Crippen molar-refractivity contribution in [1.82, 2.24) is 9.80 Å². The van der Waals surface area contributed by atoms with Crippen molar-refractivity contribution in [1.29, 1.82) is 0 Å². The lowest BCUT2D eigenvalue weighted by atomic mass is 10.1. The highest BCUT2D eigenvalue weighted by Gasteiger charge is 2.20. The van der Waals surface area contributed by atoms with E-state index in [1.54, 1.807) is 0 Å². The van der Waals surface area contributed by atoms with E-state index in [1.165, 1.54) is 19.5 Å². The van der Waals surface area contributed by atoms with Crippen LogP contribution in [0, 0.1) is 5.92 Å². The largest absolute Gasteiger partial charge is 0.492 e. The lowest BCUT2D eigenvalue weighted by Gasteiger charge is -2.21. The van der Waals surface area contributed by atoms with Crippen molar-refractivity contribution >= 4 is 17.2 Å². The molecule has 0 radical (unpaired) electrons. The summed E-state index contributed by atoms with van der Waals surface area (Å²) in [4.78, 5) is 5.15. The maximum atomic E-state index is 5.79. The van der Waals surface area contributed by atoms with Gasteiger partial charge in [-0.3, -0.25) is 0 Å². The van der Waals surface area contributed by atoms with Gasteiger partial charge in [-0.1, -0.05) is 24.4 Å². The molecule has 1 aliphatic heterocycles. The van der Waals surface area contributed by atoms with Gasteiger partial charge in [-0.05, 0) is 45.1 Å². The second-order valence-electron chi connectivity index (χ2n) is 5.92. The molecule has 116 valence electrons. The van der Waals surface area contributed by atoms with Gasteiger partial charge < -0.3 is 20.3 Å². The first-order valence-corrected chi connectivity index (χ1v) is 7.85. The van der Waals surface area contributed by atoms with Crippen LogP contribution in [-0.4, -0.2) is 61.7 Å². The first-order valence-electron chi connectivity index (χ1n) is 7.44. The molecule has 0 spiro atoms. The molecule has 21 heavy (non-hydrogen) atoms. The smallest absolute Gasteiger partial charge is 0.120 e. The van der Waals surface area contributed by atoms with E-state index in [9.17, 15) is 0 Å². The van der Waals surface area contributed by atoms with Gasteiger partial charge >= 0.3 is 0 Å². The van der Waals surface area contributed by atoms with E-state index in [2.05, 4.69) is 23.9 Å². The Hall–Kier alpha value is -1.17. The van der Waals surface area contributed by atoms with Crippen LogP contribution in [0.2, 0.25) is 0 Å². The van der Waals surface area contributed by atoms with Crippen molar-refractivity contribution in [3.8, 4) is 5.75 Å². The van der Waals surface area contributed by atoms with Crippen LogP contribution < -0.4 is 10.5 Å². The molecule has 0 aliphatic carbocycles. The van der Waals surface area contributed by atoms with Crippen LogP contribution in [-0.2, 0) is 0 Å². The number of rotatable bonds is 7. The fourth-order valence-corrected chi connectivity index (χ4v) is 2.89. The number of thiocarbonyl (C=S) groups is 1. The van der Waals surface area contributed by atoms with Gasteiger partial charge in [0.05, 0.1) is 0 Å². The van der Waals surface area contributed by atoms with Crippen LogP contribution in [0.25, 0.3) is 0 Å². The fourth-order valence-electron chi connectivity index (χ4n) is 2.77. The van der Waals surface area contributed by atoms with E-state index >= 15 is 0 Å². The molecule has 1 atom stereocenters.